The number of rotatable bonds is 13. The molecule has 1 amide bonds. The van der Waals surface area contributed by atoms with Gasteiger partial charge in [-0.15, -0.1) is 0 Å². The molecule has 0 fully saturated rings. The first kappa shape index (κ1) is 27.8. The van der Waals surface area contributed by atoms with Crippen molar-refractivity contribution in [1.29, 1.82) is 0 Å². The lowest BCUT2D eigenvalue weighted by Gasteiger charge is -2.25. The van der Waals surface area contributed by atoms with Crippen LogP contribution in [0.4, 0.5) is 11.5 Å². The van der Waals surface area contributed by atoms with Crippen LogP contribution in [0.3, 0.4) is 0 Å². The molecule has 3 N–H and O–H groups in total. The van der Waals surface area contributed by atoms with E-state index in [1.165, 1.54) is 9.47 Å². The van der Waals surface area contributed by atoms with Gasteiger partial charge in [0.05, 0.1) is 19.8 Å². The number of amides is 1. The van der Waals surface area contributed by atoms with E-state index >= 15 is 0 Å². The van der Waals surface area contributed by atoms with Gasteiger partial charge in [-0.1, -0.05) is 27.2 Å². The van der Waals surface area contributed by atoms with Crippen LogP contribution in [0.5, 0.6) is 17.2 Å². The van der Waals surface area contributed by atoms with Gasteiger partial charge in [0.1, 0.15) is 5.82 Å². The number of aromatic nitrogens is 2. The number of aromatic amines is 1. The summed E-state index contributed by atoms with van der Waals surface area (Å²) in [6.07, 6.45) is 1.41. The summed E-state index contributed by atoms with van der Waals surface area (Å²) in [4.78, 5) is 42.8. The molecule has 0 spiro atoms. The van der Waals surface area contributed by atoms with Crippen molar-refractivity contribution in [1.82, 2.24) is 9.55 Å². The van der Waals surface area contributed by atoms with Gasteiger partial charge in [-0.25, -0.2) is 4.79 Å². The quantitative estimate of drug-likeness (QED) is 0.440. The Morgan fingerprint density at radius 2 is 1.60 bits per heavy atom. The highest BCUT2D eigenvalue weighted by Crippen LogP contribution is 2.39. The smallest absolute Gasteiger partial charge is 0.330 e. The van der Waals surface area contributed by atoms with Gasteiger partial charge < -0.3 is 24.8 Å². The molecule has 10 nitrogen and oxygen atoms in total. The number of hydrogen-bond acceptors (Lipinski definition) is 7. The summed E-state index contributed by atoms with van der Waals surface area (Å²) < 4.78 is 18.5. The van der Waals surface area contributed by atoms with E-state index in [-0.39, 0.29) is 29.5 Å². The second-order valence-corrected chi connectivity index (χ2v) is 8.41. The van der Waals surface area contributed by atoms with Crippen LogP contribution in [0, 0.1) is 5.92 Å². The molecule has 0 unspecified atom stereocenters. The maximum Gasteiger partial charge on any atom is 0.330 e. The molecule has 0 aliphatic heterocycles. The van der Waals surface area contributed by atoms with Crippen molar-refractivity contribution in [3.8, 4) is 17.2 Å². The normalized spacial score (nSPS) is 10.9. The number of unbranched alkanes of at least 4 members (excludes halogenated alkanes) is 1. The summed E-state index contributed by atoms with van der Waals surface area (Å²) in [5.41, 5.74) is 5.20. The Labute approximate surface area is 206 Å². The number of anilines is 2. The Morgan fingerprint density at radius 3 is 2.09 bits per heavy atom. The van der Waals surface area contributed by atoms with E-state index < -0.39 is 17.2 Å². The van der Waals surface area contributed by atoms with Crippen LogP contribution in [-0.2, 0) is 6.54 Å². The molecule has 2 aromatic rings. The minimum atomic E-state index is -0.710. The van der Waals surface area contributed by atoms with Crippen LogP contribution in [-0.4, -0.2) is 41.8 Å². The first-order valence-corrected chi connectivity index (χ1v) is 12.2. The second-order valence-electron chi connectivity index (χ2n) is 8.41. The van der Waals surface area contributed by atoms with Crippen molar-refractivity contribution < 1.29 is 19.0 Å². The van der Waals surface area contributed by atoms with Gasteiger partial charge in [0.2, 0.25) is 5.75 Å². The summed E-state index contributed by atoms with van der Waals surface area (Å²) in [6.45, 7) is 13.0. The lowest BCUT2D eigenvalue weighted by atomic mass is 10.1. The number of H-pyrrole nitrogens is 1. The molecule has 194 valence electrons. The molecule has 0 atom stereocenters. The molecule has 2 rings (SSSR count). The third-order valence-electron chi connectivity index (χ3n) is 5.17. The maximum atomic E-state index is 13.8. The first-order valence-electron chi connectivity index (χ1n) is 12.2. The SMILES string of the molecule is CCCCN(C(=O)c1cc(OCC)c(OCC)c(OCC)c1)c1c(N)n(CC(C)C)c(=O)[nH]c1=O. The number of carbonyl (C=O) groups is 1. The molecule has 0 saturated heterocycles. The molecule has 0 saturated carbocycles. The third-order valence-corrected chi connectivity index (χ3v) is 5.17. The van der Waals surface area contributed by atoms with Gasteiger partial charge >= 0.3 is 5.69 Å². The highest BCUT2D eigenvalue weighted by molar-refractivity contribution is 6.08. The molecular formula is C25H38N4O6. The van der Waals surface area contributed by atoms with Crippen LogP contribution in [0.25, 0.3) is 0 Å². The molecule has 10 heteroatoms. The summed E-state index contributed by atoms with van der Waals surface area (Å²) in [6, 6.07) is 3.15. The number of nitrogens with two attached hydrogens (primary N) is 1. The number of carbonyl (C=O) groups excluding carboxylic acids is 1. The van der Waals surface area contributed by atoms with Gasteiger partial charge in [0.25, 0.3) is 11.5 Å². The Kier molecular flexibility index (Phi) is 10.2. The van der Waals surface area contributed by atoms with Gasteiger partial charge in [-0.05, 0) is 45.2 Å². The highest BCUT2D eigenvalue weighted by Gasteiger charge is 2.27. The van der Waals surface area contributed by atoms with E-state index in [1.54, 1.807) is 12.1 Å². The number of ether oxygens (including phenoxy) is 3. The van der Waals surface area contributed by atoms with E-state index in [4.69, 9.17) is 19.9 Å². The molecule has 1 aromatic heterocycles. The highest BCUT2D eigenvalue weighted by atomic mass is 16.5. The Hall–Kier alpha value is -3.43. The third kappa shape index (κ3) is 6.58. The van der Waals surface area contributed by atoms with Crippen LogP contribution in [0.15, 0.2) is 21.7 Å². The van der Waals surface area contributed by atoms with Crippen molar-refractivity contribution in [3.05, 3.63) is 38.5 Å². The maximum absolute atomic E-state index is 13.8. The number of benzene rings is 1. The average Bonchev–Trinajstić information content (AvgIpc) is 2.80. The summed E-state index contributed by atoms with van der Waals surface area (Å²) in [5, 5.41) is 0. The van der Waals surface area contributed by atoms with E-state index in [2.05, 4.69) is 4.98 Å². The molecule has 0 aliphatic carbocycles. The zero-order valence-corrected chi connectivity index (χ0v) is 21.6. The zero-order valence-electron chi connectivity index (χ0n) is 21.6. The summed E-state index contributed by atoms with van der Waals surface area (Å²) >= 11 is 0. The Bertz CT molecular complexity index is 1090. The molecular weight excluding hydrogens is 452 g/mol. The predicted molar refractivity (Wildman–Crippen MR) is 137 cm³/mol. The largest absolute Gasteiger partial charge is 0.490 e. The predicted octanol–water partition coefficient (Wildman–Crippen LogP) is 3.42. The molecule has 1 aromatic carbocycles. The van der Waals surface area contributed by atoms with E-state index in [1.807, 2.05) is 41.5 Å². The van der Waals surface area contributed by atoms with Crippen molar-refractivity contribution in [2.45, 2.75) is 60.9 Å². The number of nitrogens with one attached hydrogen (secondary N) is 1. The Morgan fingerprint density at radius 1 is 1.03 bits per heavy atom. The molecule has 0 radical (unpaired) electrons. The van der Waals surface area contributed by atoms with Crippen molar-refractivity contribution >= 4 is 17.4 Å². The summed E-state index contributed by atoms with van der Waals surface area (Å²) in [5.74, 6) is 0.739. The first-order chi connectivity index (χ1) is 16.7. The van der Waals surface area contributed by atoms with Crippen LogP contribution in [0.2, 0.25) is 0 Å². The number of nitrogen functional groups attached to an aromatic ring is 1. The van der Waals surface area contributed by atoms with Crippen LogP contribution < -0.4 is 36.1 Å². The fraction of sp³-hybridized carbons (Fsp3) is 0.560. The van der Waals surface area contributed by atoms with Crippen molar-refractivity contribution in [2.24, 2.45) is 5.92 Å². The molecule has 0 aliphatic rings. The monoisotopic (exact) mass is 490 g/mol. The topological polar surface area (TPSA) is 129 Å². The lowest BCUT2D eigenvalue weighted by molar-refractivity contribution is 0.0985. The Balaban J connectivity index is 2.71. The van der Waals surface area contributed by atoms with Crippen LogP contribution in [0.1, 0.15) is 64.7 Å². The van der Waals surface area contributed by atoms with Crippen LogP contribution >= 0.6 is 0 Å². The average molecular weight is 491 g/mol. The minimum Gasteiger partial charge on any atom is -0.490 e. The molecule has 35 heavy (non-hydrogen) atoms. The standard InChI is InChI=1S/C25H38N4O6/c1-7-11-12-28(20-22(26)29(15-16(5)6)25(32)27-23(20)30)24(31)17-13-18(33-8-2)21(35-10-4)19(14-17)34-9-3/h13-14,16H,7-12,15,26H2,1-6H3,(H,27,30,32). The fourth-order valence-electron chi connectivity index (χ4n) is 3.68. The fourth-order valence-corrected chi connectivity index (χ4v) is 3.68. The van der Waals surface area contributed by atoms with Gasteiger partial charge in [0.15, 0.2) is 17.2 Å². The van der Waals surface area contributed by atoms with Crippen molar-refractivity contribution in [3.63, 3.8) is 0 Å². The van der Waals surface area contributed by atoms with Gasteiger partial charge in [-0.2, -0.15) is 0 Å². The number of nitrogens with zero attached hydrogens (tertiary/aromatic N) is 2. The summed E-state index contributed by atoms with van der Waals surface area (Å²) in [7, 11) is 0. The second kappa shape index (κ2) is 12.9. The number of hydrogen-bond donors (Lipinski definition) is 2. The van der Waals surface area contributed by atoms with E-state index in [0.717, 1.165) is 6.42 Å². The van der Waals surface area contributed by atoms with E-state index in [0.29, 0.717) is 50.0 Å². The van der Waals surface area contributed by atoms with Gasteiger partial charge in [0, 0.05) is 18.7 Å². The van der Waals surface area contributed by atoms with E-state index in [9.17, 15) is 14.4 Å². The zero-order chi connectivity index (χ0) is 26.1. The molecule has 1 heterocycles. The minimum absolute atomic E-state index is 0.0436. The molecule has 0 bridgehead atoms. The van der Waals surface area contributed by atoms with Gasteiger partial charge in [-0.3, -0.25) is 19.1 Å². The van der Waals surface area contributed by atoms with Crippen molar-refractivity contribution in [2.75, 3.05) is 37.0 Å². The lowest BCUT2D eigenvalue weighted by Crippen LogP contribution is -2.42.